The first-order valence-corrected chi connectivity index (χ1v) is 9.48. The van der Waals surface area contributed by atoms with Crippen molar-refractivity contribution in [1.82, 2.24) is 24.4 Å². The van der Waals surface area contributed by atoms with E-state index in [1.54, 1.807) is 16.9 Å². The molecule has 142 valence electrons. The molecule has 2 unspecified atom stereocenters. The lowest BCUT2D eigenvalue weighted by atomic mass is 9.94. The molecule has 7 heteroatoms. The summed E-state index contributed by atoms with van der Waals surface area (Å²) >= 11 is 0. The van der Waals surface area contributed by atoms with E-state index in [1.165, 1.54) is 5.57 Å². The maximum atomic E-state index is 13.2. The van der Waals surface area contributed by atoms with Crippen molar-refractivity contribution < 1.29 is 9.59 Å². The van der Waals surface area contributed by atoms with Crippen LogP contribution in [-0.4, -0.2) is 61.9 Å². The zero-order chi connectivity index (χ0) is 19.1. The molecule has 0 radical (unpaired) electrons. The SMILES string of the molecule is CC(C)=CCN1C(=O)C2CCC1CN(C(=O)c1cnc3ccnn3c1C)C2. The fourth-order valence-electron chi connectivity index (χ4n) is 4.10. The van der Waals surface area contributed by atoms with Crippen molar-refractivity contribution in [2.45, 2.75) is 39.7 Å². The third-order valence-electron chi connectivity index (χ3n) is 5.66. The summed E-state index contributed by atoms with van der Waals surface area (Å²) < 4.78 is 1.69. The van der Waals surface area contributed by atoms with Gasteiger partial charge < -0.3 is 9.80 Å². The van der Waals surface area contributed by atoms with Crippen molar-refractivity contribution in [3.8, 4) is 0 Å². The number of amides is 2. The number of rotatable bonds is 3. The van der Waals surface area contributed by atoms with Gasteiger partial charge in [-0.05, 0) is 33.6 Å². The fourth-order valence-corrected chi connectivity index (χ4v) is 4.10. The first-order chi connectivity index (χ1) is 13.0. The highest BCUT2D eigenvalue weighted by atomic mass is 16.2. The maximum Gasteiger partial charge on any atom is 0.257 e. The molecule has 0 saturated carbocycles. The van der Waals surface area contributed by atoms with E-state index in [0.29, 0.717) is 25.2 Å². The van der Waals surface area contributed by atoms with Gasteiger partial charge >= 0.3 is 0 Å². The normalized spacial score (nSPS) is 22.3. The van der Waals surface area contributed by atoms with Crippen molar-refractivity contribution in [1.29, 1.82) is 0 Å². The van der Waals surface area contributed by atoms with Gasteiger partial charge in [-0.2, -0.15) is 5.10 Å². The van der Waals surface area contributed by atoms with Gasteiger partial charge in [-0.1, -0.05) is 11.6 Å². The highest BCUT2D eigenvalue weighted by Crippen LogP contribution is 2.30. The summed E-state index contributed by atoms with van der Waals surface area (Å²) in [6, 6.07) is 1.89. The smallest absolute Gasteiger partial charge is 0.257 e. The number of aromatic nitrogens is 3. The van der Waals surface area contributed by atoms with Crippen LogP contribution in [0.1, 0.15) is 42.7 Å². The van der Waals surface area contributed by atoms with Crippen molar-refractivity contribution in [2.24, 2.45) is 5.92 Å². The molecule has 0 aromatic carbocycles. The van der Waals surface area contributed by atoms with E-state index in [1.807, 2.05) is 36.6 Å². The van der Waals surface area contributed by atoms with Gasteiger partial charge in [0.15, 0.2) is 5.65 Å². The van der Waals surface area contributed by atoms with E-state index in [9.17, 15) is 9.59 Å². The number of hydrogen-bond donors (Lipinski definition) is 0. The zero-order valence-electron chi connectivity index (χ0n) is 16.1. The molecule has 3 fully saturated rings. The highest BCUT2D eigenvalue weighted by Gasteiger charge is 2.41. The number of nitrogens with zero attached hydrogens (tertiary/aromatic N) is 5. The average Bonchev–Trinajstić information content (AvgIpc) is 2.96. The first kappa shape index (κ1) is 17.7. The molecular weight excluding hydrogens is 342 g/mol. The van der Waals surface area contributed by atoms with Crippen molar-refractivity contribution in [3.05, 3.63) is 41.4 Å². The van der Waals surface area contributed by atoms with Crippen LogP contribution in [0.5, 0.6) is 0 Å². The Labute approximate surface area is 158 Å². The van der Waals surface area contributed by atoms with Crippen LogP contribution in [0.15, 0.2) is 30.1 Å². The molecule has 2 aromatic heterocycles. The Balaban J connectivity index is 1.61. The molecule has 3 aliphatic heterocycles. The van der Waals surface area contributed by atoms with Gasteiger partial charge in [-0.15, -0.1) is 0 Å². The van der Waals surface area contributed by atoms with E-state index in [0.717, 1.165) is 24.2 Å². The number of hydrogen-bond acceptors (Lipinski definition) is 4. The van der Waals surface area contributed by atoms with Gasteiger partial charge in [0.1, 0.15) is 0 Å². The summed E-state index contributed by atoms with van der Waals surface area (Å²) in [6.45, 7) is 7.65. The topological polar surface area (TPSA) is 70.8 Å². The summed E-state index contributed by atoms with van der Waals surface area (Å²) in [5.41, 5.74) is 3.25. The van der Waals surface area contributed by atoms with Crippen LogP contribution < -0.4 is 0 Å². The molecule has 0 aliphatic carbocycles. The third-order valence-corrected chi connectivity index (χ3v) is 5.66. The quantitative estimate of drug-likeness (QED) is 0.779. The Morgan fingerprint density at radius 2 is 2.11 bits per heavy atom. The van der Waals surface area contributed by atoms with Crippen LogP contribution >= 0.6 is 0 Å². The zero-order valence-corrected chi connectivity index (χ0v) is 16.1. The molecule has 2 amide bonds. The molecule has 2 bridgehead atoms. The Kier molecular flexibility index (Phi) is 4.45. The number of allylic oxidation sites excluding steroid dienone is 1. The molecule has 5 heterocycles. The molecule has 0 N–H and O–H groups in total. The van der Waals surface area contributed by atoms with Crippen molar-refractivity contribution in [2.75, 3.05) is 19.6 Å². The number of piperidine rings is 1. The summed E-state index contributed by atoms with van der Waals surface area (Å²) in [5.74, 6) is 0.00236. The van der Waals surface area contributed by atoms with Gasteiger partial charge in [-0.25, -0.2) is 9.50 Å². The van der Waals surface area contributed by atoms with E-state index in [-0.39, 0.29) is 23.8 Å². The van der Waals surface area contributed by atoms with Crippen LogP contribution in [0, 0.1) is 12.8 Å². The van der Waals surface area contributed by atoms with E-state index in [2.05, 4.69) is 16.2 Å². The molecule has 7 nitrogen and oxygen atoms in total. The largest absolute Gasteiger partial charge is 0.336 e. The van der Waals surface area contributed by atoms with Crippen LogP contribution in [0.25, 0.3) is 5.65 Å². The lowest BCUT2D eigenvalue weighted by Gasteiger charge is -2.35. The number of carbonyl (C=O) groups excluding carboxylic acids is 2. The molecule has 3 saturated heterocycles. The predicted molar refractivity (Wildman–Crippen MR) is 101 cm³/mol. The third kappa shape index (κ3) is 3.11. The molecule has 5 rings (SSSR count). The van der Waals surface area contributed by atoms with Crippen molar-refractivity contribution in [3.63, 3.8) is 0 Å². The highest BCUT2D eigenvalue weighted by molar-refractivity contribution is 5.96. The second-order valence-corrected chi connectivity index (χ2v) is 7.77. The lowest BCUT2D eigenvalue weighted by Crippen LogP contribution is -2.48. The molecule has 27 heavy (non-hydrogen) atoms. The minimum absolute atomic E-state index is 0.0637. The van der Waals surface area contributed by atoms with Crippen LogP contribution in [0.3, 0.4) is 0 Å². The van der Waals surface area contributed by atoms with Gasteiger partial charge in [0.25, 0.3) is 5.91 Å². The molecule has 2 aromatic rings. The molecule has 2 atom stereocenters. The second-order valence-electron chi connectivity index (χ2n) is 7.77. The van der Waals surface area contributed by atoms with Crippen LogP contribution in [0.2, 0.25) is 0 Å². The summed E-state index contributed by atoms with van der Waals surface area (Å²) in [7, 11) is 0. The standard InChI is InChI=1S/C20H25N5O2/c1-13(2)7-9-24-16-5-4-15(19(24)26)11-23(12-16)20(27)17-10-21-18-6-8-22-25(18)14(17)3/h6-8,10,15-16H,4-5,9,11-12H2,1-3H3. The Bertz CT molecular complexity index is 928. The molecular formula is C20H25N5O2. The van der Waals surface area contributed by atoms with Gasteiger partial charge in [-0.3, -0.25) is 9.59 Å². The summed E-state index contributed by atoms with van der Waals surface area (Å²) in [4.78, 5) is 34.2. The van der Waals surface area contributed by atoms with E-state index >= 15 is 0 Å². The van der Waals surface area contributed by atoms with E-state index in [4.69, 9.17) is 0 Å². The Morgan fingerprint density at radius 1 is 1.30 bits per heavy atom. The van der Waals surface area contributed by atoms with Gasteiger partial charge in [0.2, 0.25) is 5.91 Å². The molecule has 3 aliphatic rings. The van der Waals surface area contributed by atoms with Gasteiger partial charge in [0, 0.05) is 37.9 Å². The minimum Gasteiger partial charge on any atom is -0.336 e. The first-order valence-electron chi connectivity index (χ1n) is 9.48. The van der Waals surface area contributed by atoms with Crippen molar-refractivity contribution >= 4 is 17.5 Å². The van der Waals surface area contributed by atoms with Gasteiger partial charge in [0.05, 0.1) is 23.4 Å². The Hall–Kier alpha value is -2.70. The second kappa shape index (κ2) is 6.79. The van der Waals surface area contributed by atoms with Crippen LogP contribution in [-0.2, 0) is 4.79 Å². The average molecular weight is 367 g/mol. The van der Waals surface area contributed by atoms with E-state index < -0.39 is 0 Å². The predicted octanol–water partition coefficient (Wildman–Crippen LogP) is 2.07. The number of fused-ring (bicyclic) bond motifs is 5. The summed E-state index contributed by atoms with van der Waals surface area (Å²) in [6.07, 6.45) is 7.20. The van der Waals surface area contributed by atoms with Crippen LogP contribution in [0.4, 0.5) is 0 Å². The molecule has 0 spiro atoms. The lowest BCUT2D eigenvalue weighted by molar-refractivity contribution is -0.139. The maximum absolute atomic E-state index is 13.2. The Morgan fingerprint density at radius 3 is 2.89 bits per heavy atom. The number of aryl methyl sites for hydroxylation is 1. The number of carbonyl (C=O) groups is 2. The minimum atomic E-state index is -0.111. The monoisotopic (exact) mass is 367 g/mol. The fraction of sp³-hybridized carbons (Fsp3) is 0.500. The summed E-state index contributed by atoms with van der Waals surface area (Å²) in [5, 5.41) is 4.25.